The van der Waals surface area contributed by atoms with E-state index in [1.54, 1.807) is 37.5 Å². The summed E-state index contributed by atoms with van der Waals surface area (Å²) in [7, 11) is 0. The zero-order chi connectivity index (χ0) is 15.0. The van der Waals surface area contributed by atoms with Crippen LogP contribution in [0.5, 0.6) is 0 Å². The van der Waals surface area contributed by atoms with Crippen molar-refractivity contribution < 1.29 is 19.1 Å². The zero-order valence-electron chi connectivity index (χ0n) is 11.1. The number of benzene rings is 1. The molecule has 20 heavy (non-hydrogen) atoms. The molecule has 0 saturated carbocycles. The first-order chi connectivity index (χ1) is 9.60. The van der Waals surface area contributed by atoms with Crippen molar-refractivity contribution >= 4 is 24.0 Å². The largest absolute Gasteiger partial charge is 0.450 e. The predicted octanol–water partition coefficient (Wildman–Crippen LogP) is 1.83. The summed E-state index contributed by atoms with van der Waals surface area (Å²) in [4.78, 5) is 33.4. The minimum absolute atomic E-state index is 0.00576. The van der Waals surface area contributed by atoms with E-state index in [2.05, 4.69) is 10.1 Å². The Labute approximate surface area is 116 Å². The van der Waals surface area contributed by atoms with Gasteiger partial charge in [0.15, 0.2) is 12.1 Å². The molecule has 0 heterocycles. The van der Waals surface area contributed by atoms with Gasteiger partial charge in [0.2, 0.25) is 0 Å². The van der Waals surface area contributed by atoms with Crippen LogP contribution in [0.1, 0.15) is 35.7 Å². The quantitative estimate of drug-likeness (QED) is 0.470. The number of amides is 1. The molecule has 0 unspecified atom stereocenters. The molecule has 2 N–H and O–H groups in total. The third-order valence-electron chi connectivity index (χ3n) is 2.45. The van der Waals surface area contributed by atoms with Crippen LogP contribution < -0.4 is 5.32 Å². The molecule has 6 heteroatoms. The van der Waals surface area contributed by atoms with Gasteiger partial charge in [-0.3, -0.25) is 20.3 Å². The summed E-state index contributed by atoms with van der Waals surface area (Å²) in [6.45, 7) is 1.84. The van der Waals surface area contributed by atoms with Crippen LogP contribution in [-0.2, 0) is 9.53 Å². The molecule has 0 spiro atoms. The number of Topliss-reactive ketones (excluding diaryl/α,β-unsaturated/α-hetero) is 1. The topological polar surface area (TPSA) is 96.3 Å². The fourth-order valence-corrected chi connectivity index (χ4v) is 1.58. The van der Waals surface area contributed by atoms with E-state index < -0.39 is 6.09 Å². The lowest BCUT2D eigenvalue weighted by atomic mass is 10.00. The Balaban J connectivity index is 2.89. The molecule has 1 radical (unpaired) electrons. The predicted molar refractivity (Wildman–Crippen MR) is 72.7 cm³/mol. The number of nitrogens with one attached hydrogen (secondary N) is 2. The van der Waals surface area contributed by atoms with Gasteiger partial charge in [0.05, 0.1) is 6.61 Å². The van der Waals surface area contributed by atoms with Crippen LogP contribution in [0.4, 0.5) is 4.79 Å². The maximum absolute atomic E-state index is 11.9. The maximum atomic E-state index is 11.9. The van der Waals surface area contributed by atoms with E-state index in [0.29, 0.717) is 0 Å². The van der Waals surface area contributed by atoms with E-state index in [-0.39, 0.29) is 42.2 Å². The van der Waals surface area contributed by atoms with Gasteiger partial charge in [-0.1, -0.05) is 24.3 Å². The molecule has 6 nitrogen and oxygen atoms in total. The van der Waals surface area contributed by atoms with Gasteiger partial charge in [-0.25, -0.2) is 4.79 Å². The van der Waals surface area contributed by atoms with Crippen molar-refractivity contribution in [3.63, 3.8) is 0 Å². The molecule has 1 amide bonds. The Morgan fingerprint density at radius 1 is 1.30 bits per heavy atom. The average Bonchev–Trinajstić information content (AvgIpc) is 2.44. The van der Waals surface area contributed by atoms with Crippen LogP contribution in [0.3, 0.4) is 0 Å². The Morgan fingerprint density at radius 3 is 2.55 bits per heavy atom. The number of carbonyl (C=O) groups excluding carboxylic acids is 3. The second-order valence-electron chi connectivity index (χ2n) is 3.83. The van der Waals surface area contributed by atoms with Gasteiger partial charge < -0.3 is 4.74 Å². The van der Waals surface area contributed by atoms with Crippen LogP contribution in [0, 0.1) is 5.41 Å². The van der Waals surface area contributed by atoms with Crippen molar-refractivity contribution in [2.75, 3.05) is 6.61 Å². The van der Waals surface area contributed by atoms with Gasteiger partial charge in [-0.2, -0.15) is 0 Å². The number of ketones is 1. The van der Waals surface area contributed by atoms with Crippen LogP contribution in [0.25, 0.3) is 0 Å². The third-order valence-corrected chi connectivity index (χ3v) is 2.45. The minimum atomic E-state index is -0.749. The molecule has 0 aliphatic carbocycles. The lowest BCUT2D eigenvalue weighted by molar-refractivity contribution is 0.0984. The summed E-state index contributed by atoms with van der Waals surface area (Å²) < 4.78 is 4.67. The van der Waals surface area contributed by atoms with Crippen LogP contribution in [0.2, 0.25) is 0 Å². The number of rotatable bonds is 6. The lowest BCUT2D eigenvalue weighted by Gasteiger charge is -2.10. The summed E-state index contributed by atoms with van der Waals surface area (Å²) >= 11 is 0. The van der Waals surface area contributed by atoms with E-state index in [1.807, 2.05) is 0 Å². The molecule has 1 rings (SSSR count). The van der Waals surface area contributed by atoms with Crippen LogP contribution in [0.15, 0.2) is 24.3 Å². The number of ether oxygens (including phenoxy) is 1. The molecule has 0 aromatic heterocycles. The molecule has 0 aliphatic rings. The van der Waals surface area contributed by atoms with Gasteiger partial charge in [0.1, 0.15) is 5.84 Å². The van der Waals surface area contributed by atoms with E-state index in [0.717, 1.165) is 0 Å². The first-order valence-electron chi connectivity index (χ1n) is 6.10. The molecule has 0 aliphatic heterocycles. The van der Waals surface area contributed by atoms with Gasteiger partial charge in [-0.05, 0) is 6.92 Å². The Bertz CT molecular complexity index is 526. The van der Waals surface area contributed by atoms with E-state index >= 15 is 0 Å². The van der Waals surface area contributed by atoms with Gasteiger partial charge in [0.25, 0.3) is 0 Å². The molecular formula is C14H15N2O4. The van der Waals surface area contributed by atoms with Gasteiger partial charge >= 0.3 is 6.09 Å². The number of amidine groups is 1. The molecular weight excluding hydrogens is 260 g/mol. The molecule has 0 saturated heterocycles. The van der Waals surface area contributed by atoms with Crippen molar-refractivity contribution in [2.45, 2.75) is 19.8 Å². The smallest absolute Gasteiger partial charge is 0.412 e. The normalized spacial score (nSPS) is 9.65. The Kier molecular flexibility index (Phi) is 6.09. The SMILES string of the molecule is CCOC(=O)NC(=N)c1ccccc1C(=O)CC[C]=O. The highest BCUT2D eigenvalue weighted by Crippen LogP contribution is 2.12. The van der Waals surface area contributed by atoms with Crippen molar-refractivity contribution in [1.29, 1.82) is 5.41 Å². The second-order valence-corrected chi connectivity index (χ2v) is 3.83. The van der Waals surface area contributed by atoms with Crippen molar-refractivity contribution in [1.82, 2.24) is 5.32 Å². The number of carbonyl (C=O) groups is 2. The summed E-state index contributed by atoms with van der Waals surface area (Å²) in [6.07, 6.45) is 0.929. The van der Waals surface area contributed by atoms with Crippen molar-refractivity contribution in [2.24, 2.45) is 0 Å². The highest BCUT2D eigenvalue weighted by molar-refractivity contribution is 6.12. The fourth-order valence-electron chi connectivity index (χ4n) is 1.58. The van der Waals surface area contributed by atoms with Crippen LogP contribution in [-0.4, -0.2) is 30.6 Å². The highest BCUT2D eigenvalue weighted by atomic mass is 16.5. The van der Waals surface area contributed by atoms with Gasteiger partial charge in [-0.15, -0.1) is 0 Å². The molecule has 0 atom stereocenters. The summed E-state index contributed by atoms with van der Waals surface area (Å²) in [6, 6.07) is 6.40. The van der Waals surface area contributed by atoms with Gasteiger partial charge in [0, 0.05) is 24.0 Å². The number of alkyl carbamates (subject to hydrolysis) is 1. The monoisotopic (exact) mass is 275 g/mol. The summed E-state index contributed by atoms with van der Waals surface area (Å²) in [5, 5.41) is 10.0. The average molecular weight is 275 g/mol. The first-order valence-corrected chi connectivity index (χ1v) is 6.10. The van der Waals surface area contributed by atoms with Crippen LogP contribution >= 0.6 is 0 Å². The molecule has 0 bridgehead atoms. The highest BCUT2D eigenvalue weighted by Gasteiger charge is 2.15. The van der Waals surface area contributed by atoms with Crippen molar-refractivity contribution in [3.8, 4) is 0 Å². The molecule has 105 valence electrons. The lowest BCUT2D eigenvalue weighted by Crippen LogP contribution is -2.32. The number of hydrogen-bond acceptors (Lipinski definition) is 5. The Morgan fingerprint density at radius 2 is 1.95 bits per heavy atom. The molecule has 0 fully saturated rings. The standard InChI is InChI=1S/C14H15N2O4/c1-2-20-14(19)16-13(15)11-7-4-3-6-10(11)12(18)8-5-9-17/h3-4,6-7H,2,5,8H2,1H3,(H2,15,16,19). The fraction of sp³-hybridized carbons (Fsp3) is 0.286. The molecule has 1 aromatic rings. The molecule has 1 aromatic carbocycles. The zero-order valence-corrected chi connectivity index (χ0v) is 11.1. The minimum Gasteiger partial charge on any atom is -0.450 e. The van der Waals surface area contributed by atoms with E-state index in [4.69, 9.17) is 5.41 Å². The third kappa shape index (κ3) is 4.31. The summed E-state index contributed by atoms with van der Waals surface area (Å²) in [5.74, 6) is -0.498. The number of hydrogen-bond donors (Lipinski definition) is 2. The Hall–Kier alpha value is -2.50. The second kappa shape index (κ2) is 7.83. The first kappa shape index (κ1) is 15.6. The maximum Gasteiger partial charge on any atom is 0.412 e. The summed E-state index contributed by atoms with van der Waals surface area (Å²) in [5.41, 5.74) is 0.570. The van der Waals surface area contributed by atoms with E-state index in [1.165, 1.54) is 0 Å². The van der Waals surface area contributed by atoms with Crippen molar-refractivity contribution in [3.05, 3.63) is 35.4 Å². The van der Waals surface area contributed by atoms with E-state index in [9.17, 15) is 14.4 Å².